The number of aryl methyl sites for hydroxylation is 2. The van der Waals surface area contributed by atoms with Crippen LogP contribution in [0.1, 0.15) is 40.7 Å². The fourth-order valence-corrected chi connectivity index (χ4v) is 13.0. The number of aliphatic hydroxyl groups excluding tert-OH is 1. The molecule has 0 aliphatic carbocycles. The molecule has 0 fully saturated rings. The molecule has 0 aliphatic rings. The van der Waals surface area contributed by atoms with E-state index in [2.05, 4.69) is 40.7 Å². The SMILES string of the molecule is Cc1cc(N=Nc2cc(OCCCS(=O)(=O)O)c(N=Nc3c(C)c(C#N)c4nc5ccc(S(=O)(=O)O)c(CO)c5n4c3O)cc2C)c(SCCCS(=O)(=O)O)cc1N=Nc1nc2c(S(=O)(=O)O)cc3ccc(S(=O)(=O)O)cc3c2s1.O=S(=O)=O. The highest BCUT2D eigenvalue weighted by Crippen LogP contribution is 2.45. The van der Waals surface area contributed by atoms with Crippen molar-refractivity contribution in [2.75, 3.05) is 23.9 Å². The second-order valence-electron chi connectivity index (χ2n) is 17.5. The molecule has 84 heavy (non-hydrogen) atoms. The minimum Gasteiger partial charge on any atom is -0.493 e. The average molecular weight is 1310 g/mol. The number of azo groups is 3. The number of nitrogens with zero attached hydrogens (tertiary/aromatic N) is 10. The van der Waals surface area contributed by atoms with Gasteiger partial charge in [0.15, 0.2) is 11.3 Å². The van der Waals surface area contributed by atoms with Crippen molar-refractivity contribution in [3.05, 3.63) is 88.5 Å². The van der Waals surface area contributed by atoms with E-state index in [1.165, 1.54) is 37.3 Å². The molecular weight excluding hydrogens is 1270 g/mol. The van der Waals surface area contributed by atoms with E-state index in [4.69, 9.17) is 17.4 Å². The van der Waals surface area contributed by atoms with Crippen molar-refractivity contribution in [1.29, 1.82) is 5.26 Å². The lowest BCUT2D eigenvalue weighted by Crippen LogP contribution is -2.08. The van der Waals surface area contributed by atoms with Crippen LogP contribution in [0.2, 0.25) is 0 Å². The van der Waals surface area contributed by atoms with Crippen molar-refractivity contribution >= 4 is 156 Å². The number of thioether (sulfide) groups is 1. The summed E-state index contributed by atoms with van der Waals surface area (Å²) in [6.07, 6.45) is -0.233. The Balaban J connectivity index is 0.00000245. The van der Waals surface area contributed by atoms with Gasteiger partial charge in [0.05, 0.1) is 62.4 Å². The third-order valence-electron chi connectivity index (χ3n) is 11.7. The lowest BCUT2D eigenvalue weighted by atomic mass is 10.1. The van der Waals surface area contributed by atoms with Crippen LogP contribution in [0.3, 0.4) is 0 Å². The van der Waals surface area contributed by atoms with Crippen LogP contribution in [0, 0.1) is 32.1 Å². The molecule has 31 nitrogen and oxygen atoms in total. The van der Waals surface area contributed by atoms with E-state index in [9.17, 15) is 80.3 Å². The highest BCUT2D eigenvalue weighted by Gasteiger charge is 2.27. The first-order chi connectivity index (χ1) is 39.1. The fourth-order valence-electron chi connectivity index (χ4n) is 8.00. The number of aromatic hydroxyl groups is 1. The van der Waals surface area contributed by atoms with Gasteiger partial charge in [0.1, 0.15) is 38.4 Å². The number of fused-ring (bicyclic) bond motifs is 6. The predicted molar refractivity (Wildman–Crippen MR) is 299 cm³/mol. The number of thiazole rings is 1. The Hall–Kier alpha value is -7.43. The van der Waals surface area contributed by atoms with E-state index in [0.29, 0.717) is 16.0 Å². The number of aliphatic hydroxyl groups is 1. The van der Waals surface area contributed by atoms with E-state index < -0.39 is 99.9 Å². The zero-order valence-corrected chi connectivity index (χ0v) is 49.3. The van der Waals surface area contributed by atoms with Gasteiger partial charge in [-0.05, 0) is 104 Å². The highest BCUT2D eigenvalue weighted by molar-refractivity contribution is 7.99. The summed E-state index contributed by atoms with van der Waals surface area (Å²) in [6.45, 7) is 3.37. The summed E-state index contributed by atoms with van der Waals surface area (Å²) in [5.74, 6) is -1.96. The number of nitriles is 1. The van der Waals surface area contributed by atoms with Crippen LogP contribution in [0.25, 0.3) is 37.7 Å². The molecule has 3 aromatic heterocycles. The second kappa shape index (κ2) is 25.0. The van der Waals surface area contributed by atoms with Gasteiger partial charge >= 0.3 is 10.6 Å². The molecule has 0 radical (unpaired) electrons. The molecule has 0 aliphatic heterocycles. The summed E-state index contributed by atoms with van der Waals surface area (Å²) in [5, 5.41) is 58.4. The van der Waals surface area contributed by atoms with Gasteiger partial charge in [0.25, 0.3) is 50.6 Å². The first kappa shape index (κ1) is 64.1. The van der Waals surface area contributed by atoms with Gasteiger partial charge < -0.3 is 14.9 Å². The maximum absolute atomic E-state index is 12.5. The first-order valence-corrected chi connectivity index (χ1v) is 33.4. The molecule has 39 heteroatoms. The molecular formula is C45H40N10O21S8. The monoisotopic (exact) mass is 1310 g/mol. The van der Waals surface area contributed by atoms with Gasteiger partial charge in [-0.15, -0.1) is 50.0 Å². The van der Waals surface area contributed by atoms with Gasteiger partial charge in [-0.2, -0.15) is 52.5 Å². The molecule has 0 bridgehead atoms. The molecule has 5 aromatic carbocycles. The number of rotatable bonds is 20. The Bertz CT molecular complexity index is 4890. The van der Waals surface area contributed by atoms with Crippen LogP contribution in [-0.2, 0) is 67.8 Å². The van der Waals surface area contributed by atoms with Gasteiger partial charge in [0, 0.05) is 27.5 Å². The first-order valence-electron chi connectivity index (χ1n) is 23.1. The Labute approximate surface area is 485 Å². The predicted octanol–water partition coefficient (Wildman–Crippen LogP) is 8.25. The molecule has 444 valence electrons. The summed E-state index contributed by atoms with van der Waals surface area (Å²) in [6, 6.07) is 14.5. The summed E-state index contributed by atoms with van der Waals surface area (Å²) >= 11 is 1.89. The lowest BCUT2D eigenvalue weighted by molar-refractivity contribution is 0.279. The summed E-state index contributed by atoms with van der Waals surface area (Å²) in [4.78, 5) is 7.17. The van der Waals surface area contributed by atoms with Crippen LogP contribution in [0.5, 0.6) is 11.6 Å². The van der Waals surface area contributed by atoms with E-state index in [1.807, 2.05) is 6.07 Å². The van der Waals surface area contributed by atoms with Crippen LogP contribution in [-0.4, -0.2) is 126 Å². The molecule has 0 atom stereocenters. The second-order valence-corrected chi connectivity index (χ2v) is 27.3. The van der Waals surface area contributed by atoms with Gasteiger partial charge in [0.2, 0.25) is 11.0 Å². The van der Waals surface area contributed by atoms with Crippen LogP contribution >= 0.6 is 23.1 Å². The van der Waals surface area contributed by atoms with Gasteiger partial charge in [-0.1, -0.05) is 17.4 Å². The molecule has 0 saturated heterocycles. The number of pyridine rings is 1. The number of benzene rings is 5. The van der Waals surface area contributed by atoms with Crippen molar-refractivity contribution in [2.24, 2.45) is 30.7 Å². The van der Waals surface area contributed by atoms with Crippen LogP contribution in [0.4, 0.5) is 33.6 Å². The van der Waals surface area contributed by atoms with Crippen LogP contribution in [0.15, 0.2) is 111 Å². The molecule has 3 heterocycles. The highest BCUT2D eigenvalue weighted by atomic mass is 32.2. The number of hydrogen-bond donors (Lipinski definition) is 7. The zero-order chi connectivity index (χ0) is 62.0. The molecule has 8 aromatic rings. The van der Waals surface area contributed by atoms with Crippen molar-refractivity contribution in [3.8, 4) is 17.7 Å². The number of imidazole rings is 1. The molecule has 0 saturated carbocycles. The Kier molecular flexibility index (Phi) is 19.1. The topological polar surface area (TPSA) is 501 Å². The summed E-state index contributed by atoms with van der Waals surface area (Å²) in [5.41, 5.74) is -0.0554. The maximum atomic E-state index is 12.5. The van der Waals surface area contributed by atoms with Gasteiger partial charge in [-0.3, -0.25) is 27.2 Å². The van der Waals surface area contributed by atoms with E-state index in [-0.39, 0.29) is 119 Å². The Morgan fingerprint density at radius 3 is 1.90 bits per heavy atom. The van der Waals surface area contributed by atoms with Crippen molar-refractivity contribution in [3.63, 3.8) is 0 Å². The molecule has 0 unspecified atom stereocenters. The number of ether oxygens (including phenoxy) is 1. The third kappa shape index (κ3) is 15.1. The molecule has 0 spiro atoms. The lowest BCUT2D eigenvalue weighted by Gasteiger charge is -2.13. The Morgan fingerprint density at radius 1 is 0.702 bits per heavy atom. The molecule has 0 amide bonds. The molecule has 7 N–H and O–H groups in total. The number of hydrogen-bond acceptors (Lipinski definition) is 27. The smallest absolute Gasteiger partial charge is 0.425 e. The van der Waals surface area contributed by atoms with Crippen molar-refractivity contribution < 1.29 is 92.4 Å². The Morgan fingerprint density at radius 2 is 1.30 bits per heavy atom. The van der Waals surface area contributed by atoms with E-state index in [0.717, 1.165) is 51.8 Å². The zero-order valence-electron chi connectivity index (χ0n) is 42.8. The number of aromatic nitrogens is 3. The fraction of sp³-hybridized carbons (Fsp3) is 0.222. The normalized spacial score (nSPS) is 12.8. The largest absolute Gasteiger partial charge is 0.493 e. The standard InChI is InChI=1S/C45H40N10O18S7.O3S/c1-22-14-33(51-53-39-24(3)28(20-46)43-47-30-8-9-37(79(67,68)69)29(21-56)41(30)55(43)44(39)57)35(73-10-4-12-76(58,59)60)18-31(22)49-52-34-15-23(2)32(19-36(34)74-11-5-13-77(61,62)63)50-54-45-48-40-38(80(70,71)72)16-25-6-7-26(78(64,65)66)17-27(25)42(40)75-45;1-4(2)3/h6-9,14-19,56-57H,4-5,10-13,21H2,1-3H3,(H,58,59,60)(H,61,62,63)(H,64,65,66)(H,67,68,69)(H,70,71,72);. The summed E-state index contributed by atoms with van der Waals surface area (Å²) < 4.78 is 200. The maximum Gasteiger partial charge on any atom is 0.425 e. The van der Waals surface area contributed by atoms with Crippen LogP contribution < -0.4 is 4.74 Å². The average Bonchev–Trinajstić information content (AvgIpc) is 1.75. The summed E-state index contributed by atoms with van der Waals surface area (Å²) in [7, 11) is -26.3. The minimum absolute atomic E-state index is 0.0200. The van der Waals surface area contributed by atoms with E-state index in [1.54, 1.807) is 19.9 Å². The minimum atomic E-state index is -4.91. The van der Waals surface area contributed by atoms with Crippen molar-refractivity contribution in [2.45, 2.75) is 59.8 Å². The third-order valence-corrected chi connectivity index (χ3v) is 18.1. The quantitative estimate of drug-likeness (QED) is 0.0163. The molecule has 8 rings (SSSR count). The van der Waals surface area contributed by atoms with Gasteiger partial charge in [-0.25, -0.2) is 9.97 Å². The van der Waals surface area contributed by atoms with E-state index >= 15 is 0 Å². The van der Waals surface area contributed by atoms with Crippen molar-refractivity contribution in [1.82, 2.24) is 14.4 Å².